The SMILES string of the molecule is O=C1CC[C@H]2CN(CCc3ccccc3)C[C@@H]12. The van der Waals surface area contributed by atoms with Crippen molar-refractivity contribution in [2.45, 2.75) is 19.3 Å². The Hall–Kier alpha value is -1.15. The van der Waals surface area contributed by atoms with Crippen LogP contribution in [0.3, 0.4) is 0 Å². The maximum Gasteiger partial charge on any atom is 0.137 e. The molecular weight excluding hydrogens is 210 g/mol. The summed E-state index contributed by atoms with van der Waals surface area (Å²) in [4.78, 5) is 14.1. The van der Waals surface area contributed by atoms with Crippen molar-refractivity contribution in [2.24, 2.45) is 11.8 Å². The van der Waals surface area contributed by atoms with Crippen LogP contribution in [0, 0.1) is 11.8 Å². The Balaban J connectivity index is 1.53. The first-order valence-electron chi connectivity index (χ1n) is 6.62. The van der Waals surface area contributed by atoms with E-state index >= 15 is 0 Å². The van der Waals surface area contributed by atoms with Gasteiger partial charge in [0.15, 0.2) is 0 Å². The summed E-state index contributed by atoms with van der Waals surface area (Å²) in [6.45, 7) is 3.25. The molecule has 1 aliphatic heterocycles. The Morgan fingerprint density at radius 3 is 2.76 bits per heavy atom. The normalized spacial score (nSPS) is 28.6. The van der Waals surface area contributed by atoms with Gasteiger partial charge in [-0.15, -0.1) is 0 Å². The molecule has 3 rings (SSSR count). The number of likely N-dealkylation sites (tertiary alicyclic amines) is 1. The standard InChI is InChI=1S/C15H19NO/c17-15-7-6-13-10-16(11-14(13)15)9-8-12-4-2-1-3-5-12/h1-5,13-14H,6-11H2/t13-,14+/m0/s1. The van der Waals surface area contributed by atoms with Gasteiger partial charge < -0.3 is 4.90 Å². The van der Waals surface area contributed by atoms with Gasteiger partial charge in [-0.2, -0.15) is 0 Å². The quantitative estimate of drug-likeness (QED) is 0.791. The number of hydrogen-bond acceptors (Lipinski definition) is 2. The molecule has 2 atom stereocenters. The molecule has 0 spiro atoms. The zero-order valence-corrected chi connectivity index (χ0v) is 10.1. The minimum Gasteiger partial charge on any atom is -0.302 e. The highest BCUT2D eigenvalue weighted by molar-refractivity contribution is 5.84. The molecule has 0 radical (unpaired) electrons. The van der Waals surface area contributed by atoms with Crippen molar-refractivity contribution in [1.82, 2.24) is 4.90 Å². The number of hydrogen-bond donors (Lipinski definition) is 0. The van der Waals surface area contributed by atoms with E-state index in [4.69, 9.17) is 0 Å². The summed E-state index contributed by atoms with van der Waals surface area (Å²) in [7, 11) is 0. The van der Waals surface area contributed by atoms with Gasteiger partial charge in [0.1, 0.15) is 5.78 Å². The summed E-state index contributed by atoms with van der Waals surface area (Å²) in [6, 6.07) is 10.6. The summed E-state index contributed by atoms with van der Waals surface area (Å²) < 4.78 is 0. The topological polar surface area (TPSA) is 20.3 Å². The molecule has 0 aromatic heterocycles. The fraction of sp³-hybridized carbons (Fsp3) is 0.533. The van der Waals surface area contributed by atoms with Gasteiger partial charge in [0, 0.05) is 32.0 Å². The molecule has 1 saturated carbocycles. The van der Waals surface area contributed by atoms with Crippen LogP contribution in [-0.4, -0.2) is 30.3 Å². The highest BCUT2D eigenvalue weighted by Gasteiger charge is 2.41. The van der Waals surface area contributed by atoms with E-state index in [2.05, 4.69) is 35.2 Å². The highest BCUT2D eigenvalue weighted by atomic mass is 16.1. The van der Waals surface area contributed by atoms with Gasteiger partial charge in [-0.3, -0.25) is 4.79 Å². The molecule has 0 amide bonds. The van der Waals surface area contributed by atoms with Crippen molar-refractivity contribution in [3.05, 3.63) is 35.9 Å². The Bertz CT molecular complexity index is 401. The lowest BCUT2D eigenvalue weighted by atomic mass is 10.0. The van der Waals surface area contributed by atoms with E-state index in [1.807, 2.05) is 0 Å². The van der Waals surface area contributed by atoms with E-state index in [1.54, 1.807) is 0 Å². The van der Waals surface area contributed by atoms with Gasteiger partial charge in [-0.05, 0) is 24.3 Å². The lowest BCUT2D eigenvalue weighted by Crippen LogP contribution is -2.25. The fourth-order valence-corrected chi connectivity index (χ4v) is 3.25. The second kappa shape index (κ2) is 4.61. The fourth-order valence-electron chi connectivity index (χ4n) is 3.25. The number of nitrogens with zero attached hydrogens (tertiary/aromatic N) is 1. The van der Waals surface area contributed by atoms with E-state index < -0.39 is 0 Å². The number of carbonyl (C=O) groups is 1. The van der Waals surface area contributed by atoms with Gasteiger partial charge in [0.25, 0.3) is 0 Å². The van der Waals surface area contributed by atoms with Crippen LogP contribution < -0.4 is 0 Å². The van der Waals surface area contributed by atoms with Crippen molar-refractivity contribution in [1.29, 1.82) is 0 Å². The molecule has 0 bridgehead atoms. The third kappa shape index (κ3) is 2.27. The molecule has 2 nitrogen and oxygen atoms in total. The van der Waals surface area contributed by atoms with Gasteiger partial charge in [0.05, 0.1) is 0 Å². The van der Waals surface area contributed by atoms with Crippen molar-refractivity contribution in [2.75, 3.05) is 19.6 Å². The molecule has 1 aromatic carbocycles. The van der Waals surface area contributed by atoms with E-state index in [0.29, 0.717) is 17.6 Å². The largest absolute Gasteiger partial charge is 0.302 e. The van der Waals surface area contributed by atoms with Crippen LogP contribution in [0.4, 0.5) is 0 Å². The van der Waals surface area contributed by atoms with Crippen LogP contribution in [0.1, 0.15) is 18.4 Å². The molecule has 0 unspecified atom stereocenters. The zero-order valence-electron chi connectivity index (χ0n) is 10.1. The predicted octanol–water partition coefficient (Wildman–Crippen LogP) is 2.14. The molecule has 1 saturated heterocycles. The summed E-state index contributed by atoms with van der Waals surface area (Å²) in [6.07, 6.45) is 3.07. The molecular formula is C15H19NO. The Kier molecular flexibility index (Phi) is 2.98. The van der Waals surface area contributed by atoms with Crippen LogP contribution in [0.15, 0.2) is 30.3 Å². The number of benzene rings is 1. The number of fused-ring (bicyclic) bond motifs is 1. The third-order valence-corrected chi connectivity index (χ3v) is 4.25. The molecule has 2 aliphatic rings. The molecule has 1 heterocycles. The summed E-state index contributed by atoms with van der Waals surface area (Å²) in [5.74, 6) is 1.54. The first-order chi connectivity index (χ1) is 8.33. The maximum atomic E-state index is 11.6. The average molecular weight is 229 g/mol. The molecule has 2 heteroatoms. The summed E-state index contributed by atoms with van der Waals surface area (Å²) in [5.41, 5.74) is 1.40. The first-order valence-corrected chi connectivity index (χ1v) is 6.62. The van der Waals surface area contributed by atoms with E-state index in [9.17, 15) is 4.79 Å². The Labute approximate surface area is 103 Å². The molecule has 1 aromatic rings. The number of rotatable bonds is 3. The molecule has 90 valence electrons. The van der Waals surface area contributed by atoms with Crippen LogP contribution in [0.5, 0.6) is 0 Å². The molecule has 17 heavy (non-hydrogen) atoms. The minimum absolute atomic E-state index is 0.366. The van der Waals surface area contributed by atoms with Crippen LogP contribution >= 0.6 is 0 Å². The van der Waals surface area contributed by atoms with Gasteiger partial charge in [-0.25, -0.2) is 0 Å². The third-order valence-electron chi connectivity index (χ3n) is 4.25. The predicted molar refractivity (Wildman–Crippen MR) is 67.8 cm³/mol. The lowest BCUT2D eigenvalue weighted by molar-refractivity contribution is -0.120. The van der Waals surface area contributed by atoms with Crippen molar-refractivity contribution < 1.29 is 4.79 Å². The lowest BCUT2D eigenvalue weighted by Gasteiger charge is -2.16. The Morgan fingerprint density at radius 1 is 1.18 bits per heavy atom. The number of Topliss-reactive ketones (excluding diaryl/α,β-unsaturated/α-hetero) is 1. The average Bonchev–Trinajstić information content (AvgIpc) is 2.91. The summed E-state index contributed by atoms with van der Waals surface area (Å²) in [5, 5.41) is 0. The van der Waals surface area contributed by atoms with Crippen LogP contribution in [0.2, 0.25) is 0 Å². The highest BCUT2D eigenvalue weighted by Crippen LogP contribution is 2.35. The number of ketones is 1. The van der Waals surface area contributed by atoms with Gasteiger partial charge in [-0.1, -0.05) is 30.3 Å². The molecule has 2 fully saturated rings. The van der Waals surface area contributed by atoms with Gasteiger partial charge >= 0.3 is 0 Å². The maximum absolute atomic E-state index is 11.6. The Morgan fingerprint density at radius 2 is 2.00 bits per heavy atom. The van der Waals surface area contributed by atoms with Crippen LogP contribution in [-0.2, 0) is 11.2 Å². The zero-order chi connectivity index (χ0) is 11.7. The van der Waals surface area contributed by atoms with E-state index in [0.717, 1.165) is 38.9 Å². The second-order valence-electron chi connectivity index (χ2n) is 5.37. The van der Waals surface area contributed by atoms with Gasteiger partial charge in [0.2, 0.25) is 0 Å². The smallest absolute Gasteiger partial charge is 0.137 e. The first kappa shape index (κ1) is 11.0. The summed E-state index contributed by atoms with van der Waals surface area (Å²) >= 11 is 0. The van der Waals surface area contributed by atoms with E-state index in [1.165, 1.54) is 5.56 Å². The molecule has 0 N–H and O–H groups in total. The monoisotopic (exact) mass is 229 g/mol. The van der Waals surface area contributed by atoms with E-state index in [-0.39, 0.29) is 0 Å². The number of carbonyl (C=O) groups excluding carboxylic acids is 1. The van der Waals surface area contributed by atoms with Crippen molar-refractivity contribution >= 4 is 5.78 Å². The minimum atomic E-state index is 0.366. The molecule has 1 aliphatic carbocycles. The van der Waals surface area contributed by atoms with Crippen molar-refractivity contribution in [3.63, 3.8) is 0 Å². The van der Waals surface area contributed by atoms with Crippen molar-refractivity contribution in [3.8, 4) is 0 Å². The van der Waals surface area contributed by atoms with Crippen LogP contribution in [0.25, 0.3) is 0 Å². The second-order valence-corrected chi connectivity index (χ2v) is 5.37.